The molecule has 18 heavy (non-hydrogen) atoms. The molecule has 0 aliphatic heterocycles. The van der Waals surface area contributed by atoms with Gasteiger partial charge in [-0.2, -0.15) is 0 Å². The average Bonchev–Trinajstić information content (AvgIpc) is 2.77. The third-order valence-corrected chi connectivity index (χ3v) is 3.62. The summed E-state index contributed by atoms with van der Waals surface area (Å²) in [4.78, 5) is 27.1. The van der Waals surface area contributed by atoms with Gasteiger partial charge in [0.25, 0.3) is 5.91 Å². The third kappa shape index (κ3) is 3.27. The molecule has 7 heteroatoms. The number of nitrogens with two attached hydrogens (primary N) is 1. The standard InChI is InChI=1S/C11H17N3O3S/c1-3-11(2,10(16)17)14-9(15)7-6-18-8(13-7)4-5-12/h6H,3-5,12H2,1-2H3,(H,14,15)(H,16,17). The number of carboxylic acids is 1. The van der Waals surface area contributed by atoms with Crippen LogP contribution in [0.3, 0.4) is 0 Å². The highest BCUT2D eigenvalue weighted by molar-refractivity contribution is 7.09. The first-order valence-corrected chi connectivity index (χ1v) is 6.51. The van der Waals surface area contributed by atoms with Crippen molar-refractivity contribution in [2.24, 2.45) is 5.73 Å². The summed E-state index contributed by atoms with van der Waals surface area (Å²) in [6.07, 6.45) is 0.912. The molecule has 0 fully saturated rings. The molecule has 0 saturated heterocycles. The Hall–Kier alpha value is -1.47. The van der Waals surface area contributed by atoms with Crippen molar-refractivity contribution in [3.8, 4) is 0 Å². The lowest BCUT2D eigenvalue weighted by Crippen LogP contribution is -2.51. The minimum atomic E-state index is -1.27. The van der Waals surface area contributed by atoms with E-state index in [0.29, 0.717) is 19.4 Å². The zero-order valence-electron chi connectivity index (χ0n) is 10.4. The number of aromatic nitrogens is 1. The highest BCUT2D eigenvalue weighted by Crippen LogP contribution is 2.14. The Kier molecular flexibility index (Phi) is 4.80. The molecule has 1 atom stereocenters. The number of aliphatic carboxylic acids is 1. The molecule has 1 aromatic heterocycles. The molecule has 1 aromatic rings. The van der Waals surface area contributed by atoms with Crippen LogP contribution >= 0.6 is 11.3 Å². The number of hydrogen-bond donors (Lipinski definition) is 3. The van der Waals surface area contributed by atoms with Crippen LogP contribution < -0.4 is 11.1 Å². The van der Waals surface area contributed by atoms with E-state index in [1.54, 1.807) is 12.3 Å². The van der Waals surface area contributed by atoms with E-state index in [2.05, 4.69) is 10.3 Å². The largest absolute Gasteiger partial charge is 0.480 e. The second kappa shape index (κ2) is 5.92. The summed E-state index contributed by atoms with van der Waals surface area (Å²) < 4.78 is 0. The van der Waals surface area contributed by atoms with E-state index in [0.717, 1.165) is 5.01 Å². The fourth-order valence-corrected chi connectivity index (χ4v) is 2.06. The zero-order chi connectivity index (χ0) is 13.8. The van der Waals surface area contributed by atoms with Crippen LogP contribution in [0, 0.1) is 0 Å². The lowest BCUT2D eigenvalue weighted by molar-refractivity contribution is -0.143. The Bertz CT molecular complexity index is 446. The summed E-state index contributed by atoms with van der Waals surface area (Å²) in [6.45, 7) is 3.64. The molecule has 1 amide bonds. The molecule has 1 unspecified atom stereocenters. The van der Waals surface area contributed by atoms with Crippen molar-refractivity contribution in [3.05, 3.63) is 16.1 Å². The molecule has 0 bridgehead atoms. The smallest absolute Gasteiger partial charge is 0.329 e. The Morgan fingerprint density at radius 3 is 2.78 bits per heavy atom. The predicted octanol–water partition coefficient (Wildman–Crippen LogP) is 0.627. The second-order valence-electron chi connectivity index (χ2n) is 4.11. The van der Waals surface area contributed by atoms with E-state index in [1.807, 2.05) is 0 Å². The minimum Gasteiger partial charge on any atom is -0.480 e. The van der Waals surface area contributed by atoms with Crippen molar-refractivity contribution < 1.29 is 14.7 Å². The highest BCUT2D eigenvalue weighted by atomic mass is 32.1. The number of carbonyl (C=O) groups excluding carboxylic acids is 1. The summed E-state index contributed by atoms with van der Waals surface area (Å²) in [5.74, 6) is -1.53. The Labute approximate surface area is 109 Å². The van der Waals surface area contributed by atoms with Crippen LogP contribution in [0.15, 0.2) is 5.38 Å². The van der Waals surface area contributed by atoms with Crippen molar-refractivity contribution in [2.45, 2.75) is 32.2 Å². The summed E-state index contributed by atoms with van der Waals surface area (Å²) in [5, 5.41) is 13.9. The molecule has 0 aliphatic carbocycles. The van der Waals surface area contributed by atoms with E-state index >= 15 is 0 Å². The number of nitrogens with one attached hydrogen (secondary N) is 1. The molecule has 0 saturated carbocycles. The normalized spacial score (nSPS) is 13.9. The Balaban J connectivity index is 2.78. The van der Waals surface area contributed by atoms with Gasteiger partial charge in [-0.15, -0.1) is 11.3 Å². The van der Waals surface area contributed by atoms with Crippen LogP contribution in [0.25, 0.3) is 0 Å². The first kappa shape index (κ1) is 14.6. The lowest BCUT2D eigenvalue weighted by Gasteiger charge is -2.23. The molecule has 0 aromatic carbocycles. The van der Waals surface area contributed by atoms with Crippen LogP contribution in [0.1, 0.15) is 35.8 Å². The van der Waals surface area contributed by atoms with Crippen molar-refractivity contribution in [3.63, 3.8) is 0 Å². The maximum absolute atomic E-state index is 11.9. The van der Waals surface area contributed by atoms with Crippen LogP contribution in [-0.2, 0) is 11.2 Å². The van der Waals surface area contributed by atoms with Crippen molar-refractivity contribution in [2.75, 3.05) is 6.54 Å². The summed E-state index contributed by atoms with van der Waals surface area (Å²) in [5.41, 5.74) is 4.37. The van der Waals surface area contributed by atoms with Gasteiger partial charge in [-0.1, -0.05) is 6.92 Å². The summed E-state index contributed by atoms with van der Waals surface area (Å²) in [6, 6.07) is 0. The van der Waals surface area contributed by atoms with Crippen molar-refractivity contribution in [1.29, 1.82) is 0 Å². The molecular weight excluding hydrogens is 254 g/mol. The molecule has 0 radical (unpaired) electrons. The molecule has 1 rings (SSSR count). The van der Waals surface area contributed by atoms with E-state index < -0.39 is 17.4 Å². The molecule has 0 spiro atoms. The average molecular weight is 271 g/mol. The van der Waals surface area contributed by atoms with Gasteiger partial charge in [-0.05, 0) is 19.9 Å². The molecule has 100 valence electrons. The van der Waals surface area contributed by atoms with E-state index in [1.165, 1.54) is 18.3 Å². The second-order valence-corrected chi connectivity index (χ2v) is 5.05. The number of nitrogens with zero attached hydrogens (tertiary/aromatic N) is 1. The number of amides is 1. The van der Waals surface area contributed by atoms with Crippen LogP contribution in [0.4, 0.5) is 0 Å². The van der Waals surface area contributed by atoms with Gasteiger partial charge in [-0.3, -0.25) is 4.79 Å². The SMILES string of the molecule is CCC(C)(NC(=O)c1csc(CCN)n1)C(=O)O. The van der Waals surface area contributed by atoms with E-state index in [4.69, 9.17) is 10.8 Å². The summed E-state index contributed by atoms with van der Waals surface area (Å²) >= 11 is 1.35. The maximum atomic E-state index is 11.9. The van der Waals surface area contributed by atoms with Gasteiger partial charge in [0.2, 0.25) is 0 Å². The Morgan fingerprint density at radius 1 is 1.61 bits per heavy atom. The topological polar surface area (TPSA) is 105 Å². The van der Waals surface area contributed by atoms with E-state index in [9.17, 15) is 9.59 Å². The lowest BCUT2D eigenvalue weighted by atomic mass is 9.99. The van der Waals surface area contributed by atoms with Gasteiger partial charge in [0.1, 0.15) is 11.2 Å². The third-order valence-electron chi connectivity index (χ3n) is 2.71. The zero-order valence-corrected chi connectivity index (χ0v) is 11.2. The first-order chi connectivity index (χ1) is 8.42. The molecule has 0 aliphatic rings. The van der Waals surface area contributed by atoms with Gasteiger partial charge in [-0.25, -0.2) is 9.78 Å². The highest BCUT2D eigenvalue weighted by Gasteiger charge is 2.33. The number of carboxylic acid groups (broad SMARTS) is 1. The van der Waals surface area contributed by atoms with E-state index in [-0.39, 0.29) is 5.69 Å². The molecule has 4 N–H and O–H groups in total. The predicted molar refractivity (Wildman–Crippen MR) is 68.7 cm³/mol. The number of rotatable bonds is 6. The molecule has 1 heterocycles. The van der Waals surface area contributed by atoms with Gasteiger partial charge < -0.3 is 16.2 Å². The van der Waals surface area contributed by atoms with Crippen LogP contribution in [-0.4, -0.2) is 34.1 Å². The fraction of sp³-hybridized carbons (Fsp3) is 0.545. The summed E-state index contributed by atoms with van der Waals surface area (Å²) in [7, 11) is 0. The minimum absolute atomic E-state index is 0.240. The van der Waals surface area contributed by atoms with Crippen molar-refractivity contribution in [1.82, 2.24) is 10.3 Å². The van der Waals surface area contributed by atoms with Crippen LogP contribution in [0.2, 0.25) is 0 Å². The first-order valence-electron chi connectivity index (χ1n) is 5.63. The quantitative estimate of drug-likeness (QED) is 0.703. The number of carbonyl (C=O) groups is 2. The molecule has 6 nitrogen and oxygen atoms in total. The number of hydrogen-bond acceptors (Lipinski definition) is 5. The maximum Gasteiger partial charge on any atom is 0.329 e. The van der Waals surface area contributed by atoms with Gasteiger partial charge >= 0.3 is 5.97 Å². The number of thiazole rings is 1. The Morgan fingerprint density at radius 2 is 2.28 bits per heavy atom. The van der Waals surface area contributed by atoms with Gasteiger partial charge in [0.05, 0.1) is 5.01 Å². The molecular formula is C11H17N3O3S. The van der Waals surface area contributed by atoms with Gasteiger partial charge in [0, 0.05) is 11.8 Å². The fourth-order valence-electron chi connectivity index (χ4n) is 1.26. The monoisotopic (exact) mass is 271 g/mol. The van der Waals surface area contributed by atoms with Crippen LogP contribution in [0.5, 0.6) is 0 Å². The van der Waals surface area contributed by atoms with Gasteiger partial charge in [0.15, 0.2) is 0 Å². The van der Waals surface area contributed by atoms with Crippen molar-refractivity contribution >= 4 is 23.2 Å².